The zero-order valence-electron chi connectivity index (χ0n) is 14.9. The largest absolute Gasteiger partial charge is 0.312 e. The minimum atomic E-state index is -3.93. The molecular weight excluding hydrogens is 370 g/mol. The molecular formula is C18H19N3O5S. The fourth-order valence-corrected chi connectivity index (χ4v) is 4.28. The number of hydrogen-bond donors (Lipinski definition) is 1. The van der Waals surface area contributed by atoms with Crippen molar-refractivity contribution >= 4 is 33.0 Å². The molecule has 3 rings (SSSR count). The van der Waals surface area contributed by atoms with Gasteiger partial charge in [0.05, 0.1) is 15.5 Å². The van der Waals surface area contributed by atoms with Crippen LogP contribution in [0, 0.1) is 17.0 Å². The van der Waals surface area contributed by atoms with Gasteiger partial charge in [-0.15, -0.1) is 0 Å². The summed E-state index contributed by atoms with van der Waals surface area (Å²) in [6, 6.07) is 8.64. The number of rotatable bonds is 4. The highest BCUT2D eigenvalue weighted by Gasteiger charge is 2.23. The van der Waals surface area contributed by atoms with E-state index in [0.29, 0.717) is 18.5 Å². The van der Waals surface area contributed by atoms with Crippen molar-refractivity contribution in [3.8, 4) is 0 Å². The Balaban J connectivity index is 1.96. The Kier molecular flexibility index (Phi) is 4.88. The van der Waals surface area contributed by atoms with Crippen LogP contribution in [-0.2, 0) is 21.2 Å². The van der Waals surface area contributed by atoms with Gasteiger partial charge >= 0.3 is 0 Å². The molecule has 0 radical (unpaired) electrons. The molecule has 0 aliphatic carbocycles. The SMILES string of the molecule is CC(=O)N1CCCc2cc(S(=O)(=O)Nc3cc([N+](=O)[O-])ccc3C)ccc21. The molecule has 1 heterocycles. The Labute approximate surface area is 157 Å². The smallest absolute Gasteiger partial charge is 0.271 e. The quantitative estimate of drug-likeness (QED) is 0.638. The number of aryl methyl sites for hydroxylation is 2. The van der Waals surface area contributed by atoms with Crippen LogP contribution in [0.4, 0.5) is 17.1 Å². The average Bonchev–Trinajstić information content (AvgIpc) is 2.62. The average molecular weight is 389 g/mol. The number of amides is 1. The number of non-ortho nitro benzene ring substituents is 1. The van der Waals surface area contributed by atoms with Crippen molar-refractivity contribution in [2.45, 2.75) is 31.6 Å². The van der Waals surface area contributed by atoms with E-state index >= 15 is 0 Å². The van der Waals surface area contributed by atoms with Crippen LogP contribution in [0.25, 0.3) is 0 Å². The molecule has 0 aromatic heterocycles. The third-order valence-electron chi connectivity index (χ3n) is 4.54. The van der Waals surface area contributed by atoms with Gasteiger partial charge in [-0.25, -0.2) is 8.42 Å². The summed E-state index contributed by atoms with van der Waals surface area (Å²) in [5, 5.41) is 10.9. The Hall–Kier alpha value is -2.94. The van der Waals surface area contributed by atoms with Crippen LogP contribution < -0.4 is 9.62 Å². The molecule has 27 heavy (non-hydrogen) atoms. The molecule has 1 amide bonds. The van der Waals surface area contributed by atoms with Gasteiger partial charge in [-0.3, -0.25) is 19.6 Å². The first-order valence-corrected chi connectivity index (χ1v) is 9.86. The number of anilines is 2. The number of nitrogens with zero attached hydrogens (tertiary/aromatic N) is 2. The number of nitro benzene ring substituents is 1. The van der Waals surface area contributed by atoms with Crippen molar-refractivity contribution in [3.05, 3.63) is 57.6 Å². The summed E-state index contributed by atoms with van der Waals surface area (Å²) < 4.78 is 28.0. The summed E-state index contributed by atoms with van der Waals surface area (Å²) in [6.07, 6.45) is 1.44. The van der Waals surface area contributed by atoms with E-state index in [2.05, 4.69) is 4.72 Å². The van der Waals surface area contributed by atoms with Crippen molar-refractivity contribution < 1.29 is 18.1 Å². The topological polar surface area (TPSA) is 110 Å². The van der Waals surface area contributed by atoms with E-state index in [1.807, 2.05) is 0 Å². The number of nitrogens with one attached hydrogen (secondary N) is 1. The molecule has 1 aliphatic rings. The summed E-state index contributed by atoms with van der Waals surface area (Å²) in [5.41, 5.74) is 2.05. The summed E-state index contributed by atoms with van der Waals surface area (Å²) in [7, 11) is -3.93. The standard InChI is InChI=1S/C18H19N3O5S/c1-12-5-6-15(21(23)24)11-17(12)19-27(25,26)16-7-8-18-14(10-16)4-3-9-20(18)13(2)22/h5-8,10-11,19H,3-4,9H2,1-2H3. The lowest BCUT2D eigenvalue weighted by molar-refractivity contribution is -0.384. The second-order valence-electron chi connectivity index (χ2n) is 6.43. The van der Waals surface area contributed by atoms with E-state index in [-0.39, 0.29) is 22.2 Å². The number of sulfonamides is 1. The first kappa shape index (κ1) is 18.8. The predicted molar refractivity (Wildman–Crippen MR) is 101 cm³/mol. The van der Waals surface area contributed by atoms with Crippen LogP contribution in [0.3, 0.4) is 0 Å². The fraction of sp³-hybridized carbons (Fsp3) is 0.278. The highest BCUT2D eigenvalue weighted by Crippen LogP contribution is 2.31. The molecule has 0 saturated carbocycles. The van der Waals surface area contributed by atoms with Gasteiger partial charge in [0, 0.05) is 31.3 Å². The van der Waals surface area contributed by atoms with Crippen LogP contribution in [0.2, 0.25) is 0 Å². The molecule has 0 saturated heterocycles. The minimum absolute atomic E-state index is 0.0533. The van der Waals surface area contributed by atoms with Crippen LogP contribution >= 0.6 is 0 Å². The van der Waals surface area contributed by atoms with Crippen LogP contribution in [0.5, 0.6) is 0 Å². The normalized spacial score (nSPS) is 13.8. The van der Waals surface area contributed by atoms with E-state index in [1.165, 1.54) is 31.2 Å². The van der Waals surface area contributed by atoms with Gasteiger partial charge in [0.1, 0.15) is 0 Å². The molecule has 0 unspecified atom stereocenters. The molecule has 9 heteroatoms. The molecule has 0 atom stereocenters. The summed E-state index contributed by atoms with van der Waals surface area (Å²) in [4.78, 5) is 23.8. The van der Waals surface area contributed by atoms with Gasteiger partial charge in [-0.2, -0.15) is 0 Å². The lowest BCUT2D eigenvalue weighted by Crippen LogP contribution is -2.33. The molecule has 1 aliphatic heterocycles. The Morgan fingerprint density at radius 1 is 1.22 bits per heavy atom. The zero-order chi connectivity index (χ0) is 19.8. The monoisotopic (exact) mass is 389 g/mol. The Bertz CT molecular complexity index is 1030. The minimum Gasteiger partial charge on any atom is -0.312 e. The second kappa shape index (κ2) is 6.99. The lowest BCUT2D eigenvalue weighted by Gasteiger charge is -2.28. The highest BCUT2D eigenvalue weighted by molar-refractivity contribution is 7.92. The molecule has 0 bridgehead atoms. The molecule has 8 nitrogen and oxygen atoms in total. The van der Waals surface area contributed by atoms with Gasteiger partial charge in [-0.1, -0.05) is 6.07 Å². The predicted octanol–water partition coefficient (Wildman–Crippen LogP) is 3.00. The molecule has 142 valence electrons. The number of benzene rings is 2. The molecule has 2 aromatic rings. The summed E-state index contributed by atoms with van der Waals surface area (Å²) in [5.74, 6) is -0.0862. The lowest BCUT2D eigenvalue weighted by atomic mass is 10.0. The number of nitro groups is 1. The molecule has 0 spiro atoms. The molecule has 0 fully saturated rings. The second-order valence-corrected chi connectivity index (χ2v) is 8.11. The van der Waals surface area contributed by atoms with E-state index in [4.69, 9.17) is 0 Å². The Morgan fingerprint density at radius 2 is 1.96 bits per heavy atom. The number of carbonyl (C=O) groups excluding carboxylic acids is 1. The highest BCUT2D eigenvalue weighted by atomic mass is 32.2. The van der Waals surface area contributed by atoms with Crippen molar-refractivity contribution in [1.82, 2.24) is 0 Å². The van der Waals surface area contributed by atoms with Crippen molar-refractivity contribution in [3.63, 3.8) is 0 Å². The van der Waals surface area contributed by atoms with Crippen LogP contribution in [0.1, 0.15) is 24.5 Å². The maximum atomic E-state index is 12.8. The van der Waals surface area contributed by atoms with Gasteiger partial charge in [0.15, 0.2) is 0 Å². The zero-order valence-corrected chi connectivity index (χ0v) is 15.7. The Morgan fingerprint density at radius 3 is 2.63 bits per heavy atom. The van der Waals surface area contributed by atoms with E-state index in [9.17, 15) is 23.3 Å². The summed E-state index contributed by atoms with van der Waals surface area (Å²) in [6.45, 7) is 3.76. The fourth-order valence-electron chi connectivity index (χ4n) is 3.10. The van der Waals surface area contributed by atoms with Crippen molar-refractivity contribution in [2.75, 3.05) is 16.2 Å². The maximum absolute atomic E-state index is 12.8. The van der Waals surface area contributed by atoms with E-state index in [0.717, 1.165) is 17.7 Å². The number of hydrogen-bond acceptors (Lipinski definition) is 5. The van der Waals surface area contributed by atoms with Gasteiger partial charge in [0.25, 0.3) is 15.7 Å². The first-order chi connectivity index (χ1) is 12.7. The summed E-state index contributed by atoms with van der Waals surface area (Å²) >= 11 is 0. The van der Waals surface area contributed by atoms with Crippen molar-refractivity contribution in [2.24, 2.45) is 0 Å². The molecule has 1 N–H and O–H groups in total. The van der Waals surface area contributed by atoms with E-state index < -0.39 is 14.9 Å². The first-order valence-electron chi connectivity index (χ1n) is 8.38. The van der Waals surface area contributed by atoms with Gasteiger partial charge in [0.2, 0.25) is 5.91 Å². The number of fused-ring (bicyclic) bond motifs is 1. The number of carbonyl (C=O) groups is 1. The van der Waals surface area contributed by atoms with Crippen molar-refractivity contribution in [1.29, 1.82) is 0 Å². The third-order valence-corrected chi connectivity index (χ3v) is 5.90. The maximum Gasteiger partial charge on any atom is 0.271 e. The van der Waals surface area contributed by atoms with Crippen LogP contribution in [0.15, 0.2) is 41.3 Å². The molecule has 2 aromatic carbocycles. The van der Waals surface area contributed by atoms with Crippen LogP contribution in [-0.4, -0.2) is 25.8 Å². The van der Waals surface area contributed by atoms with Gasteiger partial charge < -0.3 is 4.90 Å². The van der Waals surface area contributed by atoms with E-state index in [1.54, 1.807) is 24.0 Å². The van der Waals surface area contributed by atoms with Gasteiger partial charge in [-0.05, 0) is 49.1 Å². The third kappa shape index (κ3) is 3.77.